The van der Waals surface area contributed by atoms with Crippen LogP contribution in [0.25, 0.3) is 0 Å². The van der Waals surface area contributed by atoms with Crippen LogP contribution in [-0.4, -0.2) is 23.9 Å². The average Bonchev–Trinajstić information content (AvgIpc) is 2.56. The SMILES string of the molecule is CCN(CC(=O)Nc1c(Br)cc(C)cc1Br)[C@H](C)c1ccc(F)cc1. The number of carbonyl (C=O) groups is 1. The highest BCUT2D eigenvalue weighted by atomic mass is 79.9. The quantitative estimate of drug-likeness (QED) is 0.587. The maximum atomic E-state index is 13.1. The van der Waals surface area contributed by atoms with E-state index in [9.17, 15) is 9.18 Å². The van der Waals surface area contributed by atoms with E-state index in [-0.39, 0.29) is 24.3 Å². The van der Waals surface area contributed by atoms with Gasteiger partial charge in [0.15, 0.2) is 0 Å². The standard InChI is InChI=1S/C19H21Br2FN2O/c1-4-24(13(3)14-5-7-15(22)8-6-14)11-18(25)23-19-16(20)9-12(2)10-17(19)21/h5-10,13H,4,11H2,1-3H3,(H,23,25)/t13-/m1/s1. The molecule has 0 aliphatic carbocycles. The molecule has 0 fully saturated rings. The molecule has 0 bridgehead atoms. The molecule has 134 valence electrons. The molecule has 0 heterocycles. The van der Waals surface area contributed by atoms with Gasteiger partial charge >= 0.3 is 0 Å². The monoisotopic (exact) mass is 470 g/mol. The Hall–Kier alpha value is -1.24. The second kappa shape index (κ2) is 8.92. The highest BCUT2D eigenvalue weighted by molar-refractivity contribution is 9.11. The molecular weight excluding hydrogens is 451 g/mol. The Labute approximate surface area is 164 Å². The molecule has 6 heteroatoms. The van der Waals surface area contributed by atoms with Crippen molar-refractivity contribution in [3.63, 3.8) is 0 Å². The van der Waals surface area contributed by atoms with Gasteiger partial charge in [-0.2, -0.15) is 0 Å². The number of benzene rings is 2. The van der Waals surface area contributed by atoms with Crippen LogP contribution in [0, 0.1) is 12.7 Å². The molecule has 0 aliphatic rings. The molecule has 3 nitrogen and oxygen atoms in total. The summed E-state index contributed by atoms with van der Waals surface area (Å²) < 4.78 is 14.8. The van der Waals surface area contributed by atoms with E-state index in [1.54, 1.807) is 12.1 Å². The van der Waals surface area contributed by atoms with Crippen molar-refractivity contribution in [3.8, 4) is 0 Å². The van der Waals surface area contributed by atoms with Crippen molar-refractivity contribution < 1.29 is 9.18 Å². The van der Waals surface area contributed by atoms with E-state index in [4.69, 9.17) is 0 Å². The first kappa shape index (κ1) is 20.1. The predicted octanol–water partition coefficient (Wildman–Crippen LogP) is 5.68. The van der Waals surface area contributed by atoms with Crippen molar-refractivity contribution in [3.05, 3.63) is 62.3 Å². The van der Waals surface area contributed by atoms with Crippen LogP contribution in [0.2, 0.25) is 0 Å². The summed E-state index contributed by atoms with van der Waals surface area (Å²) in [5.74, 6) is -0.355. The van der Waals surface area contributed by atoms with Gasteiger partial charge in [-0.25, -0.2) is 4.39 Å². The minimum absolute atomic E-state index is 0.0150. The number of rotatable bonds is 6. The molecule has 0 aliphatic heterocycles. The number of amides is 1. The van der Waals surface area contributed by atoms with Gasteiger partial charge in [0.2, 0.25) is 5.91 Å². The van der Waals surface area contributed by atoms with E-state index in [0.29, 0.717) is 6.54 Å². The number of halogens is 3. The van der Waals surface area contributed by atoms with Crippen LogP contribution < -0.4 is 5.32 Å². The topological polar surface area (TPSA) is 32.3 Å². The average molecular weight is 472 g/mol. The molecule has 25 heavy (non-hydrogen) atoms. The van der Waals surface area contributed by atoms with Crippen LogP contribution in [0.4, 0.5) is 10.1 Å². The van der Waals surface area contributed by atoms with Crippen molar-refractivity contribution in [2.75, 3.05) is 18.4 Å². The number of hydrogen-bond acceptors (Lipinski definition) is 2. The number of anilines is 1. The Kier molecular flexibility index (Phi) is 7.16. The van der Waals surface area contributed by atoms with Crippen LogP contribution in [0.3, 0.4) is 0 Å². The molecule has 0 unspecified atom stereocenters. The second-order valence-electron chi connectivity index (χ2n) is 5.94. The molecule has 1 amide bonds. The van der Waals surface area contributed by atoms with Crippen molar-refractivity contribution in [1.82, 2.24) is 4.90 Å². The van der Waals surface area contributed by atoms with Gasteiger partial charge in [0, 0.05) is 15.0 Å². The number of nitrogens with zero attached hydrogens (tertiary/aromatic N) is 1. The lowest BCUT2D eigenvalue weighted by atomic mass is 10.1. The van der Waals surface area contributed by atoms with Crippen LogP contribution in [0.1, 0.15) is 31.0 Å². The predicted molar refractivity (Wildman–Crippen MR) is 107 cm³/mol. The third-order valence-corrected chi connectivity index (χ3v) is 5.35. The number of hydrogen-bond donors (Lipinski definition) is 1. The molecular formula is C19H21Br2FN2O. The van der Waals surface area contributed by atoms with Gasteiger partial charge in [-0.05, 0) is 87.6 Å². The Morgan fingerprint density at radius 2 is 1.76 bits per heavy atom. The zero-order valence-corrected chi connectivity index (χ0v) is 17.6. The molecule has 1 N–H and O–H groups in total. The van der Waals surface area contributed by atoms with Gasteiger partial charge in [0.25, 0.3) is 0 Å². The normalized spacial score (nSPS) is 12.3. The number of nitrogens with one attached hydrogen (secondary N) is 1. The van der Waals surface area contributed by atoms with Crippen molar-refractivity contribution in [2.45, 2.75) is 26.8 Å². The van der Waals surface area contributed by atoms with Gasteiger partial charge in [0.1, 0.15) is 5.82 Å². The summed E-state index contributed by atoms with van der Waals surface area (Å²) in [7, 11) is 0. The Morgan fingerprint density at radius 3 is 2.28 bits per heavy atom. The molecule has 0 saturated carbocycles. The number of aryl methyl sites for hydroxylation is 1. The van der Waals surface area contributed by atoms with E-state index in [0.717, 1.165) is 25.8 Å². The first-order valence-electron chi connectivity index (χ1n) is 8.06. The Balaban J connectivity index is 2.08. The zero-order valence-electron chi connectivity index (χ0n) is 14.4. The van der Waals surface area contributed by atoms with Gasteiger partial charge in [-0.1, -0.05) is 19.1 Å². The second-order valence-corrected chi connectivity index (χ2v) is 7.65. The van der Waals surface area contributed by atoms with Gasteiger partial charge in [-0.15, -0.1) is 0 Å². The van der Waals surface area contributed by atoms with Crippen LogP contribution >= 0.6 is 31.9 Å². The van der Waals surface area contributed by atoms with Crippen LogP contribution in [-0.2, 0) is 4.79 Å². The number of carbonyl (C=O) groups excluding carboxylic acids is 1. The van der Waals surface area contributed by atoms with E-state index < -0.39 is 0 Å². The molecule has 0 aromatic heterocycles. The fraction of sp³-hybridized carbons (Fsp3) is 0.316. The van der Waals surface area contributed by atoms with Crippen LogP contribution in [0.5, 0.6) is 0 Å². The Morgan fingerprint density at radius 1 is 1.20 bits per heavy atom. The summed E-state index contributed by atoms with van der Waals surface area (Å²) in [6.45, 7) is 6.97. The molecule has 0 saturated heterocycles. The lowest BCUT2D eigenvalue weighted by Crippen LogP contribution is -2.35. The zero-order chi connectivity index (χ0) is 18.6. The Bertz CT molecular complexity index is 727. The van der Waals surface area contributed by atoms with Crippen LogP contribution in [0.15, 0.2) is 45.3 Å². The first-order chi connectivity index (χ1) is 11.8. The van der Waals surface area contributed by atoms with Gasteiger partial charge in [-0.3, -0.25) is 9.69 Å². The van der Waals surface area contributed by atoms with E-state index >= 15 is 0 Å². The fourth-order valence-electron chi connectivity index (χ4n) is 2.66. The summed E-state index contributed by atoms with van der Waals surface area (Å²) in [4.78, 5) is 14.5. The van der Waals surface area contributed by atoms with E-state index in [1.165, 1.54) is 12.1 Å². The molecule has 2 aromatic rings. The lowest BCUT2D eigenvalue weighted by molar-refractivity contribution is -0.117. The largest absolute Gasteiger partial charge is 0.323 e. The van der Waals surface area contributed by atoms with Gasteiger partial charge in [0.05, 0.1) is 12.2 Å². The van der Waals surface area contributed by atoms with Crippen molar-refractivity contribution in [1.29, 1.82) is 0 Å². The summed E-state index contributed by atoms with van der Waals surface area (Å²) in [5.41, 5.74) is 2.80. The molecule has 0 spiro atoms. The maximum Gasteiger partial charge on any atom is 0.238 e. The van der Waals surface area contributed by atoms with Crippen molar-refractivity contribution in [2.24, 2.45) is 0 Å². The third-order valence-electron chi connectivity index (χ3n) is 4.10. The summed E-state index contributed by atoms with van der Waals surface area (Å²) in [6.07, 6.45) is 0. The minimum Gasteiger partial charge on any atom is -0.323 e. The van der Waals surface area contributed by atoms with E-state index in [2.05, 4.69) is 37.2 Å². The molecule has 0 radical (unpaired) electrons. The summed E-state index contributed by atoms with van der Waals surface area (Å²) >= 11 is 6.98. The highest BCUT2D eigenvalue weighted by Crippen LogP contribution is 2.32. The van der Waals surface area contributed by atoms with Gasteiger partial charge < -0.3 is 5.32 Å². The molecule has 1 atom stereocenters. The smallest absolute Gasteiger partial charge is 0.238 e. The molecule has 2 rings (SSSR count). The lowest BCUT2D eigenvalue weighted by Gasteiger charge is -2.27. The minimum atomic E-state index is -0.259. The summed E-state index contributed by atoms with van der Waals surface area (Å²) in [6, 6.07) is 10.3. The maximum absolute atomic E-state index is 13.1. The third kappa shape index (κ3) is 5.36. The van der Waals surface area contributed by atoms with E-state index in [1.807, 2.05) is 37.8 Å². The van der Waals surface area contributed by atoms with Crippen molar-refractivity contribution >= 4 is 43.5 Å². The fourth-order valence-corrected chi connectivity index (χ4v) is 4.27. The number of likely N-dealkylation sites (N-methyl/N-ethyl adjacent to an activating group) is 1. The molecule has 2 aromatic carbocycles. The first-order valence-corrected chi connectivity index (χ1v) is 9.65. The summed E-state index contributed by atoms with van der Waals surface area (Å²) in [5, 5.41) is 2.95. The highest BCUT2D eigenvalue weighted by Gasteiger charge is 2.18.